The normalized spacial score (nSPS) is 11.8. The van der Waals surface area contributed by atoms with E-state index in [1.165, 1.54) is 119 Å². The van der Waals surface area contributed by atoms with Crippen molar-refractivity contribution in [2.75, 3.05) is 0 Å². The maximum atomic E-state index is 5.23. The molecular weight excluding hydrogens is 555 g/mol. The average molecular weight is 618 g/mol. The van der Waals surface area contributed by atoms with Gasteiger partial charge in [0, 0.05) is 22.7 Å². The van der Waals surface area contributed by atoms with Crippen LogP contribution in [0.3, 0.4) is 0 Å². The summed E-state index contributed by atoms with van der Waals surface area (Å²) in [5.74, 6) is 0. The summed E-state index contributed by atoms with van der Waals surface area (Å²) in [5.41, 5.74) is 8.96. The molecule has 238 valence electrons. The zero-order chi connectivity index (χ0) is 29.5. The number of aliphatic imine (C=N–C) groups is 2. The van der Waals surface area contributed by atoms with E-state index in [-0.39, 0.29) is 16.5 Å². The molecule has 0 unspecified atom stereocenters. The van der Waals surface area contributed by atoms with Crippen LogP contribution in [0.5, 0.6) is 0 Å². The van der Waals surface area contributed by atoms with Crippen LogP contribution in [-0.2, 0) is 42.2 Å². The van der Waals surface area contributed by atoms with Crippen LogP contribution < -0.4 is 0 Å². The maximum absolute atomic E-state index is 5.23. The zero-order valence-electron chi connectivity index (χ0n) is 27.9. The van der Waals surface area contributed by atoms with Gasteiger partial charge in [-0.3, -0.25) is 9.98 Å². The molecule has 0 heterocycles. The topological polar surface area (TPSA) is 24.7 Å². The molecule has 3 heteroatoms. The van der Waals surface area contributed by atoms with Crippen molar-refractivity contribution in [3.63, 3.8) is 0 Å². The number of benzene rings is 2. The van der Waals surface area contributed by atoms with Gasteiger partial charge in [0.15, 0.2) is 0 Å². The molecule has 0 amide bonds. The van der Waals surface area contributed by atoms with Crippen molar-refractivity contribution in [3.8, 4) is 0 Å². The monoisotopic (exact) mass is 616 g/mol. The Labute approximate surface area is 270 Å². The minimum Gasteiger partial charge on any atom is -0.255 e. The second kappa shape index (κ2) is 24.7. The molecule has 0 N–H and O–H groups in total. The second-order valence-electron chi connectivity index (χ2n) is 12.2. The fourth-order valence-electron chi connectivity index (χ4n) is 5.79. The molecule has 2 nitrogen and oxygen atoms in total. The molecule has 0 bridgehead atoms. The summed E-state index contributed by atoms with van der Waals surface area (Å²) in [4.78, 5) is 10.2. The second-order valence-corrected chi connectivity index (χ2v) is 12.2. The Hall–Kier alpha value is -1.73. The van der Waals surface area contributed by atoms with Gasteiger partial charge in [-0.1, -0.05) is 137 Å². The van der Waals surface area contributed by atoms with Crippen LogP contribution in [0.15, 0.2) is 46.4 Å². The summed E-state index contributed by atoms with van der Waals surface area (Å²) < 4.78 is 0. The molecule has 0 aliphatic heterocycles. The van der Waals surface area contributed by atoms with Crippen LogP contribution in [0.25, 0.3) is 0 Å². The Morgan fingerprint density at radius 3 is 1.26 bits per heavy atom. The molecule has 0 fully saturated rings. The largest absolute Gasteiger partial charge is 0.255 e. The van der Waals surface area contributed by atoms with Gasteiger partial charge < -0.3 is 0 Å². The van der Waals surface area contributed by atoms with Crippen LogP contribution in [0.1, 0.15) is 160 Å². The minimum atomic E-state index is 0. The quantitative estimate of drug-likeness (QED) is 0.0673. The minimum absolute atomic E-state index is 0. The van der Waals surface area contributed by atoms with Crippen molar-refractivity contribution in [3.05, 3.63) is 58.7 Å². The van der Waals surface area contributed by atoms with Gasteiger partial charge in [-0.15, -0.1) is 0 Å². The van der Waals surface area contributed by atoms with E-state index in [1.807, 2.05) is 0 Å². The Morgan fingerprint density at radius 1 is 0.476 bits per heavy atom. The van der Waals surface area contributed by atoms with Gasteiger partial charge in [-0.25, -0.2) is 0 Å². The maximum Gasteiger partial charge on any atom is 0.0639 e. The number of hydrogen-bond acceptors (Lipinski definition) is 2. The summed E-state index contributed by atoms with van der Waals surface area (Å²) >= 11 is 0. The predicted octanol–water partition coefficient (Wildman–Crippen LogP) is 12.7. The van der Waals surface area contributed by atoms with Crippen LogP contribution in [0.2, 0.25) is 0 Å². The molecule has 0 radical (unpaired) electrons. The average Bonchev–Trinajstić information content (AvgIpc) is 2.95. The summed E-state index contributed by atoms with van der Waals surface area (Å²) in [6.45, 7) is 11.3. The van der Waals surface area contributed by atoms with Gasteiger partial charge in [0.2, 0.25) is 0 Å². The van der Waals surface area contributed by atoms with Gasteiger partial charge in [-0.05, 0) is 85.0 Å². The first kappa shape index (κ1) is 38.3. The van der Waals surface area contributed by atoms with E-state index in [0.717, 1.165) is 49.2 Å². The fraction of sp³-hybridized carbons (Fsp3) is 0.641. The van der Waals surface area contributed by atoms with Gasteiger partial charge in [0.25, 0.3) is 0 Å². The van der Waals surface area contributed by atoms with Crippen LogP contribution in [0, 0.1) is 0 Å². The Balaban J connectivity index is 0.00000882. The van der Waals surface area contributed by atoms with Gasteiger partial charge in [0.1, 0.15) is 0 Å². The van der Waals surface area contributed by atoms with Crippen molar-refractivity contribution in [1.82, 2.24) is 0 Å². The van der Waals surface area contributed by atoms with E-state index < -0.39 is 0 Å². The predicted molar refractivity (Wildman–Crippen MR) is 185 cm³/mol. The van der Waals surface area contributed by atoms with Crippen molar-refractivity contribution in [2.24, 2.45) is 9.98 Å². The molecule has 2 rings (SSSR count). The van der Waals surface area contributed by atoms with E-state index >= 15 is 0 Å². The fourth-order valence-corrected chi connectivity index (χ4v) is 5.79. The molecule has 0 saturated carbocycles. The third-order valence-electron chi connectivity index (χ3n) is 7.90. The molecule has 0 spiro atoms. The van der Waals surface area contributed by atoms with Crippen molar-refractivity contribution in [2.45, 2.75) is 163 Å². The van der Waals surface area contributed by atoms with E-state index in [2.05, 4.69) is 77.2 Å². The summed E-state index contributed by atoms with van der Waals surface area (Å²) in [5, 5.41) is 0. The van der Waals surface area contributed by atoms with Gasteiger partial charge in [0.05, 0.1) is 17.1 Å². The molecule has 0 aliphatic rings. The summed E-state index contributed by atoms with van der Waals surface area (Å²) in [7, 11) is 0. The van der Waals surface area contributed by atoms with E-state index in [1.54, 1.807) is 0 Å². The first-order valence-corrected chi connectivity index (χ1v) is 17.5. The Kier molecular flexibility index (Phi) is 22.5. The number of nitrogens with zero attached hydrogens (tertiary/aromatic N) is 2. The van der Waals surface area contributed by atoms with Crippen molar-refractivity contribution < 1.29 is 16.5 Å². The number of unbranched alkanes of at least 4 members (excludes halogenated alkanes) is 10. The Bertz CT molecular complexity index is 975. The smallest absolute Gasteiger partial charge is 0.0639 e. The summed E-state index contributed by atoms with van der Waals surface area (Å²) in [6.07, 6.45) is 27.2. The SMILES string of the molecule is CCCCCCCCCCCCCC(/C=N/c1cc(CCC)cc(CCC)c1)=N\c1cc(CCC)cc(CCC)c1.[Ni]. The van der Waals surface area contributed by atoms with Gasteiger partial charge >= 0.3 is 0 Å². The van der Waals surface area contributed by atoms with Crippen LogP contribution in [-0.4, -0.2) is 11.9 Å². The molecule has 2 aromatic carbocycles. The Morgan fingerprint density at radius 2 is 0.857 bits per heavy atom. The molecular formula is C39H62N2Ni. The first-order valence-electron chi connectivity index (χ1n) is 17.5. The van der Waals surface area contributed by atoms with Crippen molar-refractivity contribution >= 4 is 23.3 Å². The third-order valence-corrected chi connectivity index (χ3v) is 7.90. The van der Waals surface area contributed by atoms with E-state index in [4.69, 9.17) is 9.98 Å². The first-order chi connectivity index (χ1) is 20.1. The molecule has 0 atom stereocenters. The molecule has 0 aromatic heterocycles. The van der Waals surface area contributed by atoms with E-state index in [9.17, 15) is 0 Å². The van der Waals surface area contributed by atoms with Crippen molar-refractivity contribution in [1.29, 1.82) is 0 Å². The molecule has 2 aromatic rings. The van der Waals surface area contributed by atoms with Crippen LogP contribution in [0.4, 0.5) is 11.4 Å². The number of hydrogen-bond donors (Lipinski definition) is 0. The van der Waals surface area contributed by atoms with Gasteiger partial charge in [-0.2, -0.15) is 0 Å². The molecule has 0 aliphatic carbocycles. The van der Waals surface area contributed by atoms with E-state index in [0.29, 0.717) is 0 Å². The molecule has 0 saturated heterocycles. The number of rotatable bonds is 23. The standard InChI is InChI=1S/C39H62N2.Ni/c1-6-11-12-13-14-15-16-17-18-19-20-25-37(41-39-30-35(23-9-4)27-36(31-39)24-10-5)32-40-38-28-33(21-7-2)26-34(29-38)22-8-3;/h26-32H,6-25H2,1-5H3;/b40-32+,41-37+;. The number of aryl methyl sites for hydroxylation is 4. The molecule has 42 heavy (non-hydrogen) atoms. The third kappa shape index (κ3) is 16.8. The van der Waals surface area contributed by atoms with Crippen LogP contribution >= 0.6 is 0 Å². The summed E-state index contributed by atoms with van der Waals surface area (Å²) in [6, 6.07) is 13.9. The zero-order valence-corrected chi connectivity index (χ0v) is 28.9.